The summed E-state index contributed by atoms with van der Waals surface area (Å²) in [7, 11) is 0. The van der Waals surface area contributed by atoms with E-state index in [4.69, 9.17) is 11.6 Å². The van der Waals surface area contributed by atoms with Gasteiger partial charge < -0.3 is 5.32 Å². The van der Waals surface area contributed by atoms with E-state index in [1.165, 1.54) is 5.56 Å². The summed E-state index contributed by atoms with van der Waals surface area (Å²) < 4.78 is 13.9. The molecular formula is C17H17ClFN. The first-order valence-corrected chi connectivity index (χ1v) is 7.36. The first-order chi connectivity index (χ1) is 9.72. The van der Waals surface area contributed by atoms with Crippen LogP contribution in [-0.2, 0) is 5.54 Å². The Morgan fingerprint density at radius 2 is 1.80 bits per heavy atom. The molecule has 1 saturated heterocycles. The van der Waals surface area contributed by atoms with Gasteiger partial charge in [0.15, 0.2) is 0 Å². The van der Waals surface area contributed by atoms with Crippen LogP contribution in [0.5, 0.6) is 0 Å². The molecule has 3 heteroatoms. The highest BCUT2D eigenvalue weighted by atomic mass is 35.5. The summed E-state index contributed by atoms with van der Waals surface area (Å²) >= 11 is 5.82. The van der Waals surface area contributed by atoms with Crippen molar-refractivity contribution in [1.29, 1.82) is 0 Å². The van der Waals surface area contributed by atoms with Crippen molar-refractivity contribution in [1.82, 2.24) is 5.32 Å². The number of rotatable bonds is 2. The zero-order chi connectivity index (χ0) is 14.0. The number of hydrogen-bond acceptors (Lipinski definition) is 1. The molecule has 0 aromatic heterocycles. The Morgan fingerprint density at radius 3 is 2.45 bits per heavy atom. The molecule has 0 bridgehead atoms. The highest BCUT2D eigenvalue weighted by molar-refractivity contribution is 6.30. The molecule has 104 valence electrons. The van der Waals surface area contributed by atoms with Gasteiger partial charge in [-0.25, -0.2) is 4.39 Å². The second-order valence-corrected chi connectivity index (χ2v) is 5.69. The molecule has 1 fully saturated rings. The molecule has 2 aromatic carbocycles. The van der Waals surface area contributed by atoms with Crippen molar-refractivity contribution in [2.75, 3.05) is 6.54 Å². The molecule has 1 heterocycles. The van der Waals surface area contributed by atoms with Crippen molar-refractivity contribution >= 4 is 11.6 Å². The second-order valence-electron chi connectivity index (χ2n) is 5.28. The minimum absolute atomic E-state index is 0.174. The third kappa shape index (κ3) is 2.34. The summed E-state index contributed by atoms with van der Waals surface area (Å²) in [6.07, 6.45) is 3.26. The predicted octanol–water partition coefficient (Wildman–Crippen LogP) is 4.50. The van der Waals surface area contributed by atoms with Crippen molar-refractivity contribution in [2.45, 2.75) is 24.8 Å². The van der Waals surface area contributed by atoms with Crippen molar-refractivity contribution < 1.29 is 4.39 Å². The Kier molecular flexibility index (Phi) is 3.77. The average Bonchev–Trinajstić information content (AvgIpc) is 2.51. The van der Waals surface area contributed by atoms with Gasteiger partial charge in [0.25, 0.3) is 0 Å². The molecule has 0 amide bonds. The van der Waals surface area contributed by atoms with E-state index in [0.29, 0.717) is 0 Å². The summed E-state index contributed by atoms with van der Waals surface area (Å²) in [5, 5.41) is 3.78. The lowest BCUT2D eigenvalue weighted by Gasteiger charge is -2.39. The fourth-order valence-electron chi connectivity index (χ4n) is 3.05. The maximum Gasteiger partial charge on any atom is 0.142 e. The van der Waals surface area contributed by atoms with Crippen LogP contribution in [0.15, 0.2) is 48.5 Å². The van der Waals surface area contributed by atoms with Crippen LogP contribution in [0, 0.1) is 5.82 Å². The standard InChI is InChI=1S/C17H17ClFN/c18-15-9-8-14(12-16(15)19)17(10-4-5-11-20-17)13-6-2-1-3-7-13/h1-3,6-9,12,20H,4-5,10-11H2. The van der Waals surface area contributed by atoms with Gasteiger partial charge in [-0.05, 0) is 49.1 Å². The first-order valence-electron chi connectivity index (χ1n) is 6.98. The van der Waals surface area contributed by atoms with Crippen LogP contribution < -0.4 is 5.32 Å². The molecule has 1 aliphatic rings. The first kappa shape index (κ1) is 13.6. The highest BCUT2D eigenvalue weighted by Gasteiger charge is 2.35. The smallest absolute Gasteiger partial charge is 0.142 e. The number of benzene rings is 2. The van der Waals surface area contributed by atoms with E-state index in [1.807, 2.05) is 24.3 Å². The maximum atomic E-state index is 13.9. The Hall–Kier alpha value is -1.38. The number of piperidine rings is 1. The molecular weight excluding hydrogens is 273 g/mol. The Labute approximate surface area is 123 Å². The van der Waals surface area contributed by atoms with Crippen LogP contribution in [0.4, 0.5) is 4.39 Å². The minimum atomic E-state index is -0.355. The molecule has 3 rings (SSSR count). The minimum Gasteiger partial charge on any atom is -0.304 e. The van der Waals surface area contributed by atoms with Crippen LogP contribution in [0.1, 0.15) is 30.4 Å². The highest BCUT2D eigenvalue weighted by Crippen LogP contribution is 2.37. The topological polar surface area (TPSA) is 12.0 Å². The summed E-state index contributed by atoms with van der Waals surface area (Å²) in [4.78, 5) is 0. The fourth-order valence-corrected chi connectivity index (χ4v) is 3.17. The lowest BCUT2D eigenvalue weighted by atomic mass is 9.77. The summed E-state index contributed by atoms with van der Waals surface area (Å²) in [5.41, 5.74) is 1.83. The summed E-state index contributed by atoms with van der Waals surface area (Å²) in [6.45, 7) is 0.944. The van der Waals surface area contributed by atoms with Gasteiger partial charge in [-0.3, -0.25) is 0 Å². The third-order valence-electron chi connectivity index (χ3n) is 4.08. The van der Waals surface area contributed by atoms with Gasteiger partial charge in [-0.2, -0.15) is 0 Å². The van der Waals surface area contributed by atoms with E-state index in [1.54, 1.807) is 12.1 Å². The Bertz CT molecular complexity index is 591. The van der Waals surface area contributed by atoms with E-state index < -0.39 is 0 Å². The van der Waals surface area contributed by atoms with Gasteiger partial charge in [0.2, 0.25) is 0 Å². The van der Waals surface area contributed by atoms with Crippen LogP contribution in [-0.4, -0.2) is 6.54 Å². The lowest BCUT2D eigenvalue weighted by Crippen LogP contribution is -2.46. The van der Waals surface area contributed by atoms with Crippen molar-refractivity contribution in [3.05, 3.63) is 70.5 Å². The van der Waals surface area contributed by atoms with E-state index >= 15 is 0 Å². The molecule has 0 saturated carbocycles. The van der Waals surface area contributed by atoms with Gasteiger partial charge in [0.1, 0.15) is 5.82 Å². The van der Waals surface area contributed by atoms with E-state index in [2.05, 4.69) is 17.4 Å². The number of nitrogens with one attached hydrogen (secondary N) is 1. The molecule has 1 N–H and O–H groups in total. The van der Waals surface area contributed by atoms with Crippen LogP contribution in [0.2, 0.25) is 5.02 Å². The zero-order valence-electron chi connectivity index (χ0n) is 11.2. The fraction of sp³-hybridized carbons (Fsp3) is 0.294. The summed E-state index contributed by atoms with van der Waals surface area (Å²) in [6, 6.07) is 15.4. The zero-order valence-corrected chi connectivity index (χ0v) is 12.0. The second kappa shape index (κ2) is 5.55. The Balaban J connectivity index is 2.12. The molecule has 1 unspecified atom stereocenters. The SMILES string of the molecule is Fc1cc(C2(c3ccccc3)CCCCN2)ccc1Cl. The molecule has 2 aromatic rings. The van der Waals surface area contributed by atoms with Crippen molar-refractivity contribution in [3.63, 3.8) is 0 Å². The molecule has 1 aliphatic heterocycles. The molecule has 0 radical (unpaired) electrons. The lowest BCUT2D eigenvalue weighted by molar-refractivity contribution is 0.309. The van der Waals surface area contributed by atoms with Gasteiger partial charge in [-0.1, -0.05) is 48.0 Å². The van der Waals surface area contributed by atoms with Crippen LogP contribution >= 0.6 is 11.6 Å². The number of hydrogen-bond donors (Lipinski definition) is 1. The van der Waals surface area contributed by atoms with Crippen molar-refractivity contribution in [3.8, 4) is 0 Å². The monoisotopic (exact) mass is 289 g/mol. The van der Waals surface area contributed by atoms with Crippen molar-refractivity contribution in [2.24, 2.45) is 0 Å². The van der Waals surface area contributed by atoms with Crippen LogP contribution in [0.3, 0.4) is 0 Å². The van der Waals surface area contributed by atoms with Gasteiger partial charge in [-0.15, -0.1) is 0 Å². The van der Waals surface area contributed by atoms with Gasteiger partial charge >= 0.3 is 0 Å². The van der Waals surface area contributed by atoms with E-state index in [-0.39, 0.29) is 16.4 Å². The quantitative estimate of drug-likeness (QED) is 0.858. The van der Waals surface area contributed by atoms with Gasteiger partial charge in [0, 0.05) is 0 Å². The molecule has 1 atom stereocenters. The molecule has 20 heavy (non-hydrogen) atoms. The van der Waals surface area contributed by atoms with Gasteiger partial charge in [0.05, 0.1) is 10.6 Å². The predicted molar refractivity (Wildman–Crippen MR) is 80.5 cm³/mol. The molecule has 1 nitrogen and oxygen atoms in total. The average molecular weight is 290 g/mol. The third-order valence-corrected chi connectivity index (χ3v) is 4.39. The summed E-state index contributed by atoms with van der Waals surface area (Å²) in [5.74, 6) is -0.355. The van der Waals surface area contributed by atoms with E-state index in [0.717, 1.165) is 31.4 Å². The Morgan fingerprint density at radius 1 is 1.00 bits per heavy atom. The maximum absolute atomic E-state index is 13.9. The molecule has 0 spiro atoms. The largest absolute Gasteiger partial charge is 0.304 e. The molecule has 0 aliphatic carbocycles. The van der Waals surface area contributed by atoms with E-state index in [9.17, 15) is 4.39 Å². The van der Waals surface area contributed by atoms with Crippen LogP contribution in [0.25, 0.3) is 0 Å². The number of halogens is 2. The normalized spacial score (nSPS) is 22.7.